The lowest BCUT2D eigenvalue weighted by atomic mass is 9.88. The maximum absolute atomic E-state index is 11.6. The number of nitrogens with one attached hydrogen (secondary N) is 2. The monoisotopic (exact) mass is 232 g/mol. The zero-order valence-electron chi connectivity index (χ0n) is 9.41. The number of carbonyl (C=O) groups excluding carboxylic acids is 1. The summed E-state index contributed by atoms with van der Waals surface area (Å²) in [5.74, 6) is 1.87. The minimum absolute atomic E-state index is 0.0707. The standard InChI is InChI=1S/C10H20N2O2S/c1-3-15(14)5-4-12-10(13)8(2)9-6-11-7-9/h8-9,11H,3-7H2,1-2H3,(H,12,13). The molecule has 1 heterocycles. The van der Waals surface area contributed by atoms with Crippen molar-refractivity contribution in [1.82, 2.24) is 10.6 Å². The molecule has 0 aromatic rings. The fourth-order valence-electron chi connectivity index (χ4n) is 1.47. The molecule has 1 rings (SSSR count). The van der Waals surface area contributed by atoms with Crippen molar-refractivity contribution in [2.75, 3.05) is 31.1 Å². The third-order valence-corrected chi connectivity index (χ3v) is 4.19. The second kappa shape index (κ2) is 6.23. The Kier molecular flexibility index (Phi) is 5.25. The zero-order valence-corrected chi connectivity index (χ0v) is 10.2. The van der Waals surface area contributed by atoms with Crippen LogP contribution in [0.25, 0.3) is 0 Å². The van der Waals surface area contributed by atoms with Gasteiger partial charge in [-0.25, -0.2) is 0 Å². The molecule has 0 aromatic heterocycles. The molecule has 1 fully saturated rings. The van der Waals surface area contributed by atoms with Gasteiger partial charge in [0.05, 0.1) is 0 Å². The minimum atomic E-state index is -0.782. The summed E-state index contributed by atoms with van der Waals surface area (Å²) in [6.45, 7) is 6.26. The van der Waals surface area contributed by atoms with Crippen molar-refractivity contribution in [2.45, 2.75) is 13.8 Å². The van der Waals surface area contributed by atoms with Gasteiger partial charge >= 0.3 is 0 Å². The van der Waals surface area contributed by atoms with E-state index in [1.165, 1.54) is 0 Å². The predicted octanol–water partition coefficient (Wildman–Crippen LogP) is -0.273. The molecule has 1 saturated heterocycles. The molecule has 0 spiro atoms. The molecule has 0 aliphatic carbocycles. The summed E-state index contributed by atoms with van der Waals surface area (Å²) in [7, 11) is -0.782. The van der Waals surface area contributed by atoms with E-state index in [1.54, 1.807) is 0 Å². The average Bonchev–Trinajstić information content (AvgIpc) is 2.14. The Morgan fingerprint density at radius 2 is 2.27 bits per heavy atom. The van der Waals surface area contributed by atoms with E-state index >= 15 is 0 Å². The number of carbonyl (C=O) groups is 1. The normalized spacial score (nSPS) is 20.4. The van der Waals surface area contributed by atoms with Crippen LogP contribution in [-0.4, -0.2) is 41.3 Å². The van der Waals surface area contributed by atoms with Crippen molar-refractivity contribution in [2.24, 2.45) is 11.8 Å². The lowest BCUT2D eigenvalue weighted by molar-refractivity contribution is -0.126. The first kappa shape index (κ1) is 12.6. The van der Waals surface area contributed by atoms with E-state index in [0.29, 0.717) is 24.0 Å². The van der Waals surface area contributed by atoms with Gasteiger partial charge in [0.1, 0.15) is 0 Å². The number of hydrogen-bond donors (Lipinski definition) is 2. The Hall–Kier alpha value is -0.420. The van der Waals surface area contributed by atoms with Gasteiger partial charge in [-0.2, -0.15) is 0 Å². The van der Waals surface area contributed by atoms with Gasteiger partial charge in [-0.05, 0) is 19.0 Å². The largest absolute Gasteiger partial charge is 0.355 e. The van der Waals surface area contributed by atoms with Gasteiger partial charge in [0.25, 0.3) is 0 Å². The van der Waals surface area contributed by atoms with Crippen LogP contribution < -0.4 is 10.6 Å². The lowest BCUT2D eigenvalue weighted by Crippen LogP contribution is -2.49. The van der Waals surface area contributed by atoms with E-state index in [-0.39, 0.29) is 11.8 Å². The smallest absolute Gasteiger partial charge is 0.223 e. The van der Waals surface area contributed by atoms with E-state index in [9.17, 15) is 9.00 Å². The Morgan fingerprint density at radius 1 is 1.60 bits per heavy atom. The Balaban J connectivity index is 2.14. The topological polar surface area (TPSA) is 58.2 Å². The number of amides is 1. The van der Waals surface area contributed by atoms with Gasteiger partial charge in [-0.1, -0.05) is 13.8 Å². The molecule has 0 aromatic carbocycles. The minimum Gasteiger partial charge on any atom is -0.355 e. The highest BCUT2D eigenvalue weighted by Gasteiger charge is 2.28. The first-order valence-corrected chi connectivity index (χ1v) is 6.97. The van der Waals surface area contributed by atoms with Crippen molar-refractivity contribution < 1.29 is 9.00 Å². The van der Waals surface area contributed by atoms with Crippen LogP contribution in [0.4, 0.5) is 0 Å². The van der Waals surface area contributed by atoms with Crippen LogP contribution in [0, 0.1) is 11.8 Å². The third-order valence-electron chi connectivity index (χ3n) is 2.88. The molecular formula is C10H20N2O2S. The number of rotatable bonds is 6. The first-order valence-electron chi connectivity index (χ1n) is 5.48. The molecule has 15 heavy (non-hydrogen) atoms. The van der Waals surface area contributed by atoms with Crippen LogP contribution in [0.15, 0.2) is 0 Å². The summed E-state index contributed by atoms with van der Waals surface area (Å²) in [5.41, 5.74) is 0. The summed E-state index contributed by atoms with van der Waals surface area (Å²) in [6.07, 6.45) is 0. The molecule has 0 saturated carbocycles. The quantitative estimate of drug-likeness (QED) is 0.662. The highest BCUT2D eigenvalue weighted by atomic mass is 32.2. The van der Waals surface area contributed by atoms with E-state index in [1.807, 2.05) is 13.8 Å². The van der Waals surface area contributed by atoms with Gasteiger partial charge in [0, 0.05) is 34.8 Å². The molecule has 1 aliphatic rings. The van der Waals surface area contributed by atoms with Crippen LogP contribution in [0.2, 0.25) is 0 Å². The van der Waals surface area contributed by atoms with Gasteiger partial charge < -0.3 is 10.6 Å². The molecule has 4 nitrogen and oxygen atoms in total. The molecular weight excluding hydrogens is 212 g/mol. The highest BCUT2D eigenvalue weighted by Crippen LogP contribution is 2.15. The van der Waals surface area contributed by atoms with Crippen LogP contribution >= 0.6 is 0 Å². The molecule has 1 amide bonds. The molecule has 2 N–H and O–H groups in total. The third kappa shape index (κ3) is 3.91. The SMILES string of the molecule is CCS(=O)CCNC(=O)C(C)C1CNC1. The molecule has 0 radical (unpaired) electrons. The van der Waals surface area contributed by atoms with Gasteiger partial charge in [-0.3, -0.25) is 9.00 Å². The van der Waals surface area contributed by atoms with E-state index in [4.69, 9.17) is 0 Å². The van der Waals surface area contributed by atoms with E-state index < -0.39 is 10.8 Å². The van der Waals surface area contributed by atoms with Gasteiger partial charge in [0.2, 0.25) is 5.91 Å². The predicted molar refractivity (Wildman–Crippen MR) is 62.1 cm³/mol. The van der Waals surface area contributed by atoms with Crippen molar-refractivity contribution in [3.63, 3.8) is 0 Å². The van der Waals surface area contributed by atoms with Gasteiger partial charge in [-0.15, -0.1) is 0 Å². The number of hydrogen-bond acceptors (Lipinski definition) is 3. The van der Waals surface area contributed by atoms with E-state index in [0.717, 1.165) is 13.1 Å². The molecule has 0 bridgehead atoms. The van der Waals surface area contributed by atoms with Crippen molar-refractivity contribution >= 4 is 16.7 Å². The van der Waals surface area contributed by atoms with Crippen molar-refractivity contribution in [3.8, 4) is 0 Å². The maximum Gasteiger partial charge on any atom is 0.223 e. The highest BCUT2D eigenvalue weighted by molar-refractivity contribution is 7.84. The summed E-state index contributed by atoms with van der Waals surface area (Å²) < 4.78 is 11.1. The van der Waals surface area contributed by atoms with Gasteiger partial charge in [0.15, 0.2) is 0 Å². The van der Waals surface area contributed by atoms with Crippen LogP contribution in [0.5, 0.6) is 0 Å². The van der Waals surface area contributed by atoms with E-state index in [2.05, 4.69) is 10.6 Å². The second-order valence-corrected chi connectivity index (χ2v) is 5.80. The zero-order chi connectivity index (χ0) is 11.3. The Bertz CT molecular complexity index is 242. The van der Waals surface area contributed by atoms with Crippen molar-refractivity contribution in [3.05, 3.63) is 0 Å². The lowest BCUT2D eigenvalue weighted by Gasteiger charge is -2.31. The summed E-state index contributed by atoms with van der Waals surface area (Å²) in [4.78, 5) is 11.6. The van der Waals surface area contributed by atoms with Crippen LogP contribution in [0.1, 0.15) is 13.8 Å². The van der Waals surface area contributed by atoms with Crippen LogP contribution in [-0.2, 0) is 15.6 Å². The fourth-order valence-corrected chi connectivity index (χ4v) is 2.09. The molecule has 5 heteroatoms. The summed E-state index contributed by atoms with van der Waals surface area (Å²) in [6, 6.07) is 0. The Labute approximate surface area is 93.7 Å². The second-order valence-electron chi connectivity index (χ2n) is 3.93. The molecule has 2 unspecified atom stereocenters. The fraction of sp³-hybridized carbons (Fsp3) is 0.900. The van der Waals surface area contributed by atoms with Crippen LogP contribution in [0.3, 0.4) is 0 Å². The first-order chi connectivity index (χ1) is 7.15. The average molecular weight is 232 g/mol. The van der Waals surface area contributed by atoms with Crippen molar-refractivity contribution in [1.29, 1.82) is 0 Å². The maximum atomic E-state index is 11.6. The summed E-state index contributed by atoms with van der Waals surface area (Å²) in [5, 5.41) is 5.99. The summed E-state index contributed by atoms with van der Waals surface area (Å²) >= 11 is 0. The molecule has 2 atom stereocenters. The molecule has 88 valence electrons. The Morgan fingerprint density at radius 3 is 2.73 bits per heavy atom. The molecule has 1 aliphatic heterocycles.